The first kappa shape index (κ1) is 22.3. The predicted octanol–water partition coefficient (Wildman–Crippen LogP) is 3.29. The fourth-order valence-electron chi connectivity index (χ4n) is 3.47. The fraction of sp³-hybridized carbons (Fsp3) is 0.450. The molecule has 2 fully saturated rings. The molecule has 8 nitrogen and oxygen atoms in total. The van der Waals surface area contributed by atoms with E-state index < -0.39 is 17.6 Å². The Bertz CT molecular complexity index is 1030. The van der Waals surface area contributed by atoms with E-state index in [0.717, 1.165) is 25.1 Å². The van der Waals surface area contributed by atoms with Crippen LogP contribution in [0.1, 0.15) is 41.7 Å². The quantitative estimate of drug-likeness (QED) is 0.698. The number of pyridine rings is 1. The molecule has 3 heterocycles. The van der Waals surface area contributed by atoms with Crippen molar-refractivity contribution >= 4 is 35.2 Å². The number of hydrogen-bond donors (Lipinski definition) is 2. The maximum absolute atomic E-state index is 12.9. The van der Waals surface area contributed by atoms with Gasteiger partial charge in [-0.1, -0.05) is 11.6 Å². The van der Waals surface area contributed by atoms with E-state index in [4.69, 9.17) is 11.6 Å². The van der Waals surface area contributed by atoms with E-state index >= 15 is 0 Å². The lowest BCUT2D eigenvalue weighted by molar-refractivity contribution is -0.137. The normalized spacial score (nSPS) is 18.9. The summed E-state index contributed by atoms with van der Waals surface area (Å²) in [7, 11) is 0. The summed E-state index contributed by atoms with van der Waals surface area (Å²) >= 11 is 6.06. The third-order valence-corrected chi connectivity index (χ3v) is 5.55. The Balaban J connectivity index is 1.40. The summed E-state index contributed by atoms with van der Waals surface area (Å²) in [6.07, 6.45) is 0.657. The van der Waals surface area contributed by atoms with Crippen molar-refractivity contribution in [2.75, 3.05) is 23.3 Å². The van der Waals surface area contributed by atoms with E-state index in [1.165, 1.54) is 12.3 Å². The number of hydrogen-bond acceptors (Lipinski definition) is 6. The van der Waals surface area contributed by atoms with E-state index in [2.05, 4.69) is 25.6 Å². The number of carbonyl (C=O) groups excluding carboxylic acids is 2. The minimum absolute atomic E-state index is 0.0186. The van der Waals surface area contributed by atoms with E-state index in [1.54, 1.807) is 4.90 Å². The van der Waals surface area contributed by atoms with Gasteiger partial charge in [-0.05, 0) is 37.8 Å². The molecule has 32 heavy (non-hydrogen) atoms. The predicted molar refractivity (Wildman–Crippen MR) is 110 cm³/mol. The molecule has 4 rings (SSSR count). The van der Waals surface area contributed by atoms with Crippen LogP contribution >= 0.6 is 11.6 Å². The molecule has 1 aliphatic heterocycles. The molecule has 12 heteroatoms. The van der Waals surface area contributed by atoms with Gasteiger partial charge in [0.25, 0.3) is 5.91 Å². The highest BCUT2D eigenvalue weighted by Crippen LogP contribution is 2.34. The lowest BCUT2D eigenvalue weighted by Crippen LogP contribution is -2.48. The van der Waals surface area contributed by atoms with Crippen LogP contribution in [0.4, 0.5) is 24.9 Å². The van der Waals surface area contributed by atoms with Crippen molar-refractivity contribution < 1.29 is 22.8 Å². The molecule has 170 valence electrons. The summed E-state index contributed by atoms with van der Waals surface area (Å²) in [5, 5.41) is 5.37. The van der Waals surface area contributed by atoms with Crippen LogP contribution in [0, 0.1) is 5.92 Å². The molecule has 1 aliphatic carbocycles. The molecule has 2 N–H and O–H groups in total. The lowest BCUT2D eigenvalue weighted by Gasteiger charge is -2.34. The van der Waals surface area contributed by atoms with Crippen molar-refractivity contribution in [1.29, 1.82) is 0 Å². The van der Waals surface area contributed by atoms with Gasteiger partial charge in [0.15, 0.2) is 0 Å². The van der Waals surface area contributed by atoms with Gasteiger partial charge in [0.1, 0.15) is 11.5 Å². The zero-order chi connectivity index (χ0) is 22.9. The Morgan fingerprint density at radius 3 is 2.66 bits per heavy atom. The van der Waals surface area contributed by atoms with Crippen LogP contribution in [0.2, 0.25) is 5.02 Å². The highest BCUT2D eigenvalue weighted by Gasteiger charge is 2.33. The molecule has 0 radical (unpaired) electrons. The Morgan fingerprint density at radius 2 is 1.97 bits per heavy atom. The molecule has 1 saturated heterocycles. The van der Waals surface area contributed by atoms with Crippen molar-refractivity contribution in [3.8, 4) is 0 Å². The van der Waals surface area contributed by atoms with Crippen molar-refractivity contribution in [2.24, 2.45) is 5.92 Å². The van der Waals surface area contributed by atoms with Crippen molar-refractivity contribution in [3.63, 3.8) is 0 Å². The molecule has 1 saturated carbocycles. The first-order valence-electron chi connectivity index (χ1n) is 10.1. The smallest absolute Gasteiger partial charge is 0.353 e. The largest absolute Gasteiger partial charge is 0.417 e. The van der Waals surface area contributed by atoms with Crippen LogP contribution in [-0.2, 0) is 11.0 Å². The molecule has 0 aromatic carbocycles. The van der Waals surface area contributed by atoms with Gasteiger partial charge in [0, 0.05) is 37.4 Å². The van der Waals surface area contributed by atoms with Crippen LogP contribution < -0.4 is 15.5 Å². The second-order valence-electron chi connectivity index (χ2n) is 7.81. The molecule has 2 amide bonds. The van der Waals surface area contributed by atoms with Gasteiger partial charge in [0.05, 0.1) is 10.6 Å². The number of aromatic nitrogens is 3. The highest BCUT2D eigenvalue weighted by molar-refractivity contribution is 6.33. The summed E-state index contributed by atoms with van der Waals surface area (Å²) in [4.78, 5) is 38.3. The van der Waals surface area contributed by atoms with Gasteiger partial charge in [-0.2, -0.15) is 13.2 Å². The lowest BCUT2D eigenvalue weighted by atomic mass is 10.1. The van der Waals surface area contributed by atoms with Gasteiger partial charge in [-0.3, -0.25) is 14.9 Å². The maximum Gasteiger partial charge on any atom is 0.417 e. The van der Waals surface area contributed by atoms with Crippen LogP contribution in [0.5, 0.6) is 0 Å². The van der Waals surface area contributed by atoms with Gasteiger partial charge >= 0.3 is 6.18 Å². The standard InChI is InChI=1S/C20H20ClF3N6O2/c21-14-8-12(20(22,23)24)9-26-16(14)30-7-1-2-13(10-30)27-18(32)15-5-6-25-19(28-15)29-17(31)11-3-4-11/h5-6,8-9,11,13H,1-4,7,10H2,(H,27,32)(H,25,28,29,31). The second-order valence-corrected chi connectivity index (χ2v) is 8.22. The van der Waals surface area contributed by atoms with E-state index in [9.17, 15) is 22.8 Å². The average molecular weight is 469 g/mol. The SMILES string of the molecule is O=C(NC1CCCN(c2ncc(C(F)(F)F)cc2Cl)C1)c1ccnc(NC(=O)C2CC2)n1. The van der Waals surface area contributed by atoms with Crippen LogP contribution in [0.25, 0.3) is 0 Å². The molecule has 0 spiro atoms. The van der Waals surface area contributed by atoms with E-state index in [-0.39, 0.29) is 40.3 Å². The van der Waals surface area contributed by atoms with Gasteiger partial charge in [0.2, 0.25) is 11.9 Å². The number of carbonyl (C=O) groups is 2. The maximum atomic E-state index is 12.9. The van der Waals surface area contributed by atoms with E-state index in [1.807, 2.05) is 0 Å². The first-order valence-corrected chi connectivity index (χ1v) is 10.5. The molecular formula is C20H20ClF3N6O2. The number of nitrogens with one attached hydrogen (secondary N) is 2. The average Bonchev–Trinajstić information content (AvgIpc) is 3.59. The first-order chi connectivity index (χ1) is 15.2. The minimum Gasteiger partial charge on any atom is -0.353 e. The summed E-state index contributed by atoms with van der Waals surface area (Å²) in [5.74, 6) is -0.305. The fourth-order valence-corrected chi connectivity index (χ4v) is 3.75. The zero-order valence-electron chi connectivity index (χ0n) is 16.8. The Hall–Kier alpha value is -2.95. The molecule has 2 aromatic heterocycles. The van der Waals surface area contributed by atoms with Gasteiger partial charge in [-0.25, -0.2) is 15.0 Å². The van der Waals surface area contributed by atoms with Gasteiger partial charge < -0.3 is 10.2 Å². The summed E-state index contributed by atoms with van der Waals surface area (Å²) in [5.41, 5.74) is -0.810. The van der Waals surface area contributed by atoms with Crippen LogP contribution in [0.15, 0.2) is 24.5 Å². The summed E-state index contributed by atoms with van der Waals surface area (Å²) < 4.78 is 38.6. The summed E-state index contributed by atoms with van der Waals surface area (Å²) in [6.45, 7) is 0.884. The Morgan fingerprint density at radius 1 is 1.19 bits per heavy atom. The number of alkyl halides is 3. The third kappa shape index (κ3) is 5.26. The van der Waals surface area contributed by atoms with Gasteiger partial charge in [-0.15, -0.1) is 0 Å². The number of halogens is 4. The van der Waals surface area contributed by atoms with Crippen LogP contribution in [-0.4, -0.2) is 45.9 Å². The highest BCUT2D eigenvalue weighted by atomic mass is 35.5. The topological polar surface area (TPSA) is 100 Å². The van der Waals surface area contributed by atoms with E-state index in [0.29, 0.717) is 25.9 Å². The third-order valence-electron chi connectivity index (χ3n) is 5.28. The number of amides is 2. The Labute approximate surface area is 186 Å². The number of rotatable bonds is 5. The number of piperidine rings is 1. The number of anilines is 2. The van der Waals surface area contributed by atoms with Crippen molar-refractivity contribution in [2.45, 2.75) is 37.9 Å². The monoisotopic (exact) mass is 468 g/mol. The molecule has 1 atom stereocenters. The second kappa shape index (κ2) is 8.89. The molecular weight excluding hydrogens is 449 g/mol. The molecule has 1 unspecified atom stereocenters. The minimum atomic E-state index is -4.53. The molecule has 0 bridgehead atoms. The Kier molecular flexibility index (Phi) is 6.18. The van der Waals surface area contributed by atoms with Crippen molar-refractivity contribution in [1.82, 2.24) is 20.3 Å². The molecule has 2 aromatic rings. The zero-order valence-corrected chi connectivity index (χ0v) is 17.6. The summed E-state index contributed by atoms with van der Waals surface area (Å²) in [6, 6.07) is 2.01. The van der Waals surface area contributed by atoms with Crippen LogP contribution in [0.3, 0.4) is 0 Å². The number of nitrogens with zero attached hydrogens (tertiary/aromatic N) is 4. The van der Waals surface area contributed by atoms with Crippen molar-refractivity contribution in [3.05, 3.63) is 40.8 Å². The molecule has 2 aliphatic rings.